The van der Waals surface area contributed by atoms with Gasteiger partial charge in [-0.15, -0.1) is 0 Å². The van der Waals surface area contributed by atoms with Crippen LogP contribution in [0.15, 0.2) is 47.5 Å². The van der Waals surface area contributed by atoms with E-state index in [4.69, 9.17) is 14.3 Å². The van der Waals surface area contributed by atoms with Crippen LogP contribution in [-0.4, -0.2) is 60.9 Å². The van der Waals surface area contributed by atoms with E-state index in [0.717, 1.165) is 55.1 Å². The van der Waals surface area contributed by atoms with Crippen molar-refractivity contribution in [2.45, 2.75) is 95.0 Å². The number of aliphatic imine (C=N–C) groups is 1. The van der Waals surface area contributed by atoms with Crippen LogP contribution in [0.2, 0.25) is 0 Å². The molecule has 3 aliphatic rings. The van der Waals surface area contributed by atoms with E-state index in [9.17, 15) is 9.65 Å². The van der Waals surface area contributed by atoms with Crippen molar-refractivity contribution in [1.82, 2.24) is 15.5 Å². The molecule has 2 aliphatic carbocycles. The van der Waals surface area contributed by atoms with E-state index in [0.29, 0.717) is 5.96 Å². The highest BCUT2D eigenvalue weighted by molar-refractivity contribution is 6.62. The Hall–Kier alpha value is -2.93. The number of fused-ring (bicyclic) bond motifs is 1. The summed E-state index contributed by atoms with van der Waals surface area (Å²) < 4.78 is 26.1. The number of nitrogens with zero attached hydrogens (tertiary/aromatic N) is 3. The zero-order valence-corrected chi connectivity index (χ0v) is 24.6. The second-order valence-corrected chi connectivity index (χ2v) is 12.8. The van der Waals surface area contributed by atoms with Gasteiger partial charge in [0.1, 0.15) is 5.82 Å². The van der Waals surface area contributed by atoms with Gasteiger partial charge in [0, 0.05) is 6.04 Å². The van der Waals surface area contributed by atoms with Crippen molar-refractivity contribution >= 4 is 18.5 Å². The maximum absolute atomic E-state index is 13.6. The van der Waals surface area contributed by atoms with E-state index in [2.05, 4.69) is 87.8 Å². The minimum Gasteiger partial charge on any atom is -0.399 e. The number of benzene rings is 2. The monoisotopic (exact) mass is 545 g/mol. The molecule has 1 saturated heterocycles. The Balaban J connectivity index is 1.28. The molecule has 2 unspecified atom stereocenters. The molecule has 2 atom stereocenters. The molecule has 1 saturated carbocycles. The van der Waals surface area contributed by atoms with Gasteiger partial charge < -0.3 is 19.5 Å². The molecule has 5 rings (SSSR count). The Morgan fingerprint density at radius 1 is 1.10 bits per heavy atom. The van der Waals surface area contributed by atoms with Crippen LogP contribution in [0, 0.1) is 17.3 Å². The molecule has 0 amide bonds. The Labute approximate surface area is 238 Å². The van der Waals surface area contributed by atoms with Gasteiger partial charge in [0.15, 0.2) is 6.19 Å². The van der Waals surface area contributed by atoms with E-state index in [1.165, 1.54) is 11.6 Å². The number of hydrogen-bond donors (Lipinski definition) is 2. The number of rotatable bonds is 7. The van der Waals surface area contributed by atoms with Crippen molar-refractivity contribution in [1.29, 1.82) is 5.26 Å². The topological polar surface area (TPSA) is 81.9 Å². The molecule has 40 heavy (non-hydrogen) atoms. The Bertz CT molecular complexity index is 1280. The van der Waals surface area contributed by atoms with Crippen molar-refractivity contribution in [2.24, 2.45) is 4.99 Å². The summed E-state index contributed by atoms with van der Waals surface area (Å²) in [7, 11) is 3.84. The fourth-order valence-corrected chi connectivity index (χ4v) is 5.94. The summed E-state index contributed by atoms with van der Waals surface area (Å²) in [4.78, 5) is 7.19. The van der Waals surface area contributed by atoms with Crippen LogP contribution in [0.5, 0.6) is 0 Å². The number of guanidine groups is 1. The third-order valence-corrected chi connectivity index (χ3v) is 9.21. The average molecular weight is 546 g/mol. The predicted molar refractivity (Wildman–Crippen MR) is 157 cm³/mol. The first-order valence-electron chi connectivity index (χ1n) is 14.3. The highest BCUT2D eigenvalue weighted by Crippen LogP contribution is 2.42. The van der Waals surface area contributed by atoms with Crippen LogP contribution in [0.4, 0.5) is 4.39 Å². The van der Waals surface area contributed by atoms with Gasteiger partial charge in [-0.05, 0) is 115 Å². The summed E-state index contributed by atoms with van der Waals surface area (Å²) in [6, 6.07) is 13.8. The number of hydrogen-bond acceptors (Lipinski definition) is 5. The highest BCUT2D eigenvalue weighted by Gasteiger charge is 2.52. The quantitative estimate of drug-likeness (QED) is 0.182. The van der Waals surface area contributed by atoms with Crippen LogP contribution in [0.1, 0.15) is 63.6 Å². The molecule has 2 aromatic carbocycles. The Kier molecular flexibility index (Phi) is 7.73. The molecule has 1 heterocycles. The van der Waals surface area contributed by atoms with Crippen LogP contribution in [-0.2, 0) is 28.6 Å². The molecule has 9 heteroatoms. The number of aryl methyl sites for hydroxylation is 1. The standard InChI is InChI=1S/C31H41BFN5O2/c1-29(2)30(3,4)40-32(39-29)24-11-7-21(8-12-24)17-27(38(5)6)31(15-16-31)37-28(35-20-34)36-26-14-10-22-18-25(33)13-9-23(22)19-26/h7-9,11-13,18,26-27H,10,14-17,19H2,1-6H3,(H2,35,36,37). The summed E-state index contributed by atoms with van der Waals surface area (Å²) in [5.41, 5.74) is 3.53. The van der Waals surface area contributed by atoms with Gasteiger partial charge in [-0.1, -0.05) is 30.3 Å². The number of nitriles is 1. The van der Waals surface area contributed by atoms with Crippen molar-refractivity contribution in [3.05, 3.63) is 65.0 Å². The van der Waals surface area contributed by atoms with Gasteiger partial charge >= 0.3 is 7.12 Å². The lowest BCUT2D eigenvalue weighted by Gasteiger charge is -2.34. The molecule has 0 bridgehead atoms. The smallest absolute Gasteiger partial charge is 0.399 e. The summed E-state index contributed by atoms with van der Waals surface area (Å²) in [6.45, 7) is 8.27. The molecule has 0 aromatic heterocycles. The SMILES string of the molecule is CN(C)C(Cc1ccc(B2OC(C)(C)C(C)(C)O2)cc1)C1(NC(=NC2CCc3cc(F)ccc3C2)NC#N)CC1. The van der Waals surface area contributed by atoms with Gasteiger partial charge in [-0.25, -0.2) is 9.38 Å². The second kappa shape index (κ2) is 10.8. The molecule has 1 aliphatic heterocycles. The van der Waals surface area contributed by atoms with Gasteiger partial charge in [-0.3, -0.25) is 5.32 Å². The molecular formula is C31H41BFN5O2. The summed E-state index contributed by atoms with van der Waals surface area (Å²) in [5, 5.41) is 15.9. The van der Waals surface area contributed by atoms with Gasteiger partial charge in [-0.2, -0.15) is 5.26 Å². The van der Waals surface area contributed by atoms with Crippen molar-refractivity contribution in [3.8, 4) is 6.19 Å². The largest absolute Gasteiger partial charge is 0.494 e. The second-order valence-electron chi connectivity index (χ2n) is 12.8. The Morgan fingerprint density at radius 3 is 2.38 bits per heavy atom. The lowest BCUT2D eigenvalue weighted by atomic mass is 9.78. The first-order valence-corrected chi connectivity index (χ1v) is 14.3. The van der Waals surface area contributed by atoms with Crippen molar-refractivity contribution in [2.75, 3.05) is 14.1 Å². The maximum Gasteiger partial charge on any atom is 0.494 e. The zero-order valence-electron chi connectivity index (χ0n) is 24.6. The normalized spacial score (nSPS) is 23.3. The van der Waals surface area contributed by atoms with Crippen LogP contribution >= 0.6 is 0 Å². The van der Waals surface area contributed by atoms with Crippen LogP contribution < -0.4 is 16.1 Å². The molecule has 212 valence electrons. The molecule has 2 fully saturated rings. The summed E-state index contributed by atoms with van der Waals surface area (Å²) in [6.07, 6.45) is 7.28. The predicted octanol–water partition coefficient (Wildman–Crippen LogP) is 3.70. The van der Waals surface area contributed by atoms with E-state index in [1.54, 1.807) is 6.07 Å². The van der Waals surface area contributed by atoms with Crippen molar-refractivity contribution in [3.63, 3.8) is 0 Å². The molecule has 2 aromatic rings. The fourth-order valence-electron chi connectivity index (χ4n) is 5.94. The number of nitrogens with one attached hydrogen (secondary N) is 2. The first kappa shape index (κ1) is 28.6. The summed E-state index contributed by atoms with van der Waals surface area (Å²) in [5.74, 6) is 0.334. The number of likely N-dealkylation sites (N-methyl/N-ethyl adjacent to an activating group) is 1. The zero-order chi connectivity index (χ0) is 28.7. The van der Waals surface area contributed by atoms with E-state index in [-0.39, 0.29) is 41.8 Å². The third-order valence-electron chi connectivity index (χ3n) is 9.21. The van der Waals surface area contributed by atoms with E-state index >= 15 is 0 Å². The molecule has 7 nitrogen and oxygen atoms in total. The lowest BCUT2D eigenvalue weighted by molar-refractivity contribution is 0.00578. The number of halogens is 1. The minimum absolute atomic E-state index is 0.0393. The average Bonchev–Trinajstić information content (AvgIpc) is 3.62. The van der Waals surface area contributed by atoms with E-state index in [1.807, 2.05) is 6.07 Å². The fraction of sp³-hybridized carbons (Fsp3) is 0.548. The highest BCUT2D eigenvalue weighted by atomic mass is 19.1. The van der Waals surface area contributed by atoms with Crippen molar-refractivity contribution < 1.29 is 13.7 Å². The van der Waals surface area contributed by atoms with Crippen LogP contribution in [0.25, 0.3) is 0 Å². The van der Waals surface area contributed by atoms with Gasteiger partial charge in [0.25, 0.3) is 0 Å². The Morgan fingerprint density at radius 2 is 1.77 bits per heavy atom. The van der Waals surface area contributed by atoms with Crippen LogP contribution in [0.3, 0.4) is 0 Å². The molecule has 2 N–H and O–H groups in total. The minimum atomic E-state index is -0.373. The summed E-state index contributed by atoms with van der Waals surface area (Å²) >= 11 is 0. The third kappa shape index (κ3) is 5.90. The first-order chi connectivity index (χ1) is 18.9. The van der Waals surface area contributed by atoms with Gasteiger partial charge in [0.05, 0.1) is 22.8 Å². The van der Waals surface area contributed by atoms with Gasteiger partial charge in [0.2, 0.25) is 5.96 Å². The maximum atomic E-state index is 13.6. The van der Waals surface area contributed by atoms with E-state index < -0.39 is 0 Å². The lowest BCUT2D eigenvalue weighted by Crippen LogP contribution is -2.55. The molecule has 0 spiro atoms. The molecular weight excluding hydrogens is 504 g/mol. The molecule has 0 radical (unpaired) electrons.